The number of hydrogen-bond donors (Lipinski definition) is 0. The Hall–Kier alpha value is -1.91. The van der Waals surface area contributed by atoms with Crippen LogP contribution in [-0.2, 0) is 14.0 Å². The number of rotatable bonds is 7. The average molecular weight is 683 g/mol. The highest BCUT2D eigenvalue weighted by Gasteiger charge is 2.62. The Kier molecular flexibility index (Phi) is 9.60. The normalized spacial score (nSPS) is 38.7. The molecule has 3 nitrogen and oxygen atoms in total. The van der Waals surface area contributed by atoms with E-state index in [2.05, 4.69) is 116 Å². The van der Waals surface area contributed by atoms with E-state index in [0.29, 0.717) is 47.0 Å². The largest absolute Gasteiger partial charge is 0.462 e. The van der Waals surface area contributed by atoms with Crippen LogP contribution in [0, 0.1) is 58.2 Å². The van der Waals surface area contributed by atoms with E-state index in [1.54, 1.807) is 0 Å². The van der Waals surface area contributed by atoms with Crippen LogP contribution in [0.25, 0.3) is 0 Å². The topological polar surface area (TPSA) is 35.5 Å². The fourth-order valence-corrected chi connectivity index (χ4v) is 17.9. The molecule has 4 saturated carbocycles. The molecule has 0 radical (unpaired) electrons. The lowest BCUT2D eigenvalue weighted by Gasteiger charge is -2.62. The third kappa shape index (κ3) is 6.01. The van der Waals surface area contributed by atoms with Crippen LogP contribution in [0.15, 0.2) is 60.7 Å². The van der Waals surface area contributed by atoms with Gasteiger partial charge in [-0.1, -0.05) is 116 Å². The van der Waals surface area contributed by atoms with Gasteiger partial charge in [0.05, 0.1) is 0 Å². The van der Waals surface area contributed by atoms with Crippen LogP contribution in [0.1, 0.15) is 126 Å². The van der Waals surface area contributed by atoms with Gasteiger partial charge in [-0.05, 0) is 138 Å². The minimum atomic E-state index is -2.56. The standard InChI is InChI=1S/C45H66O3Si/c1-30(2)32-27-41(47-42(46)28-32)31(3)38-21-22-39-37-20-19-33-29-34(23-25-44(33,7)40(37)24-26-45(38,39)8)48-49(43(4,5)6,35-15-11-9-12-16-35)36-17-13-10-14-18-36/h9-18,30-34,37-41H,19-29H2,1-8H3/t31-,32+,33-,34-,37-,38+,39-,40-,41+,44-,45+/m0/s1. The van der Waals surface area contributed by atoms with E-state index in [4.69, 9.17) is 9.16 Å². The molecule has 0 bridgehead atoms. The predicted molar refractivity (Wildman–Crippen MR) is 204 cm³/mol. The summed E-state index contributed by atoms with van der Waals surface area (Å²) in [6.07, 6.45) is 14.0. The van der Waals surface area contributed by atoms with Gasteiger partial charge in [0.15, 0.2) is 0 Å². The van der Waals surface area contributed by atoms with Gasteiger partial charge in [-0.15, -0.1) is 0 Å². The number of cyclic esters (lactones) is 1. The van der Waals surface area contributed by atoms with E-state index in [0.717, 1.165) is 30.1 Å². The summed E-state index contributed by atoms with van der Waals surface area (Å²) >= 11 is 0. The second kappa shape index (κ2) is 13.3. The van der Waals surface area contributed by atoms with Gasteiger partial charge in [0.1, 0.15) is 6.10 Å². The molecule has 11 atom stereocenters. The van der Waals surface area contributed by atoms with Gasteiger partial charge >= 0.3 is 5.97 Å². The summed E-state index contributed by atoms with van der Waals surface area (Å²) in [7, 11) is -2.56. The van der Waals surface area contributed by atoms with Crippen molar-refractivity contribution >= 4 is 24.7 Å². The summed E-state index contributed by atoms with van der Waals surface area (Å²) in [5.74, 6) is 5.45. The van der Waals surface area contributed by atoms with E-state index in [1.165, 1.54) is 68.2 Å². The fourth-order valence-electron chi connectivity index (χ4n) is 13.1. The van der Waals surface area contributed by atoms with Gasteiger partial charge in [-0.3, -0.25) is 4.79 Å². The van der Waals surface area contributed by atoms with Crippen LogP contribution in [0.4, 0.5) is 0 Å². The van der Waals surface area contributed by atoms with Crippen molar-refractivity contribution in [1.82, 2.24) is 0 Å². The molecule has 0 N–H and O–H groups in total. The van der Waals surface area contributed by atoms with Gasteiger partial charge in [0, 0.05) is 12.5 Å². The molecule has 0 amide bonds. The fraction of sp³-hybridized carbons (Fsp3) is 0.711. The molecule has 0 aromatic heterocycles. The number of carbonyl (C=O) groups excluding carboxylic acids is 1. The molecule has 1 aliphatic heterocycles. The minimum absolute atomic E-state index is 0.0176. The zero-order valence-electron chi connectivity index (χ0n) is 32.0. The van der Waals surface area contributed by atoms with Crippen LogP contribution in [0.3, 0.4) is 0 Å². The van der Waals surface area contributed by atoms with Gasteiger partial charge in [-0.25, -0.2) is 0 Å². The van der Waals surface area contributed by atoms with Crippen LogP contribution >= 0.6 is 0 Å². The maximum Gasteiger partial charge on any atom is 0.306 e. The first-order valence-electron chi connectivity index (χ1n) is 20.3. The zero-order valence-corrected chi connectivity index (χ0v) is 33.0. The Morgan fingerprint density at radius 1 is 0.776 bits per heavy atom. The molecule has 49 heavy (non-hydrogen) atoms. The minimum Gasteiger partial charge on any atom is -0.462 e. The highest BCUT2D eigenvalue weighted by atomic mass is 28.4. The number of esters is 1. The molecule has 4 heteroatoms. The first kappa shape index (κ1) is 35.5. The molecule has 268 valence electrons. The summed E-state index contributed by atoms with van der Waals surface area (Å²) in [4.78, 5) is 12.7. The number of hydrogen-bond acceptors (Lipinski definition) is 3. The lowest BCUT2D eigenvalue weighted by molar-refractivity contribution is -0.166. The summed E-state index contributed by atoms with van der Waals surface area (Å²) in [6.45, 7) is 19.6. The summed E-state index contributed by atoms with van der Waals surface area (Å²) in [5, 5.41) is 2.83. The molecule has 5 fully saturated rings. The maximum atomic E-state index is 12.7. The van der Waals surface area contributed by atoms with Crippen molar-refractivity contribution < 1.29 is 14.0 Å². The Bertz CT molecular complexity index is 1410. The van der Waals surface area contributed by atoms with Gasteiger partial charge in [0.25, 0.3) is 8.32 Å². The van der Waals surface area contributed by atoms with E-state index < -0.39 is 8.32 Å². The van der Waals surface area contributed by atoms with Gasteiger partial charge in [0.2, 0.25) is 0 Å². The first-order chi connectivity index (χ1) is 23.3. The molecule has 0 unspecified atom stereocenters. The molecule has 7 rings (SSSR count). The van der Waals surface area contributed by atoms with Crippen LogP contribution in [0.2, 0.25) is 5.04 Å². The first-order valence-corrected chi connectivity index (χ1v) is 22.2. The Morgan fingerprint density at radius 2 is 1.39 bits per heavy atom. The number of ether oxygens (including phenoxy) is 1. The third-order valence-electron chi connectivity index (χ3n) is 15.9. The van der Waals surface area contributed by atoms with Crippen molar-refractivity contribution in [1.29, 1.82) is 0 Å². The van der Waals surface area contributed by atoms with Gasteiger partial charge in [-0.2, -0.15) is 0 Å². The summed E-state index contributed by atoms with van der Waals surface area (Å²) in [6, 6.07) is 22.5. The predicted octanol–water partition coefficient (Wildman–Crippen LogP) is 10.2. The second-order valence-electron chi connectivity index (χ2n) is 19.4. The summed E-state index contributed by atoms with van der Waals surface area (Å²) < 4.78 is 13.9. The van der Waals surface area contributed by atoms with Crippen molar-refractivity contribution in [2.24, 2.45) is 58.2 Å². The number of benzene rings is 2. The molecule has 2 aromatic carbocycles. The van der Waals surface area contributed by atoms with Crippen LogP contribution < -0.4 is 10.4 Å². The maximum absolute atomic E-state index is 12.7. The monoisotopic (exact) mass is 682 g/mol. The number of fused-ring (bicyclic) bond motifs is 5. The van der Waals surface area contributed by atoms with E-state index in [-0.39, 0.29) is 17.1 Å². The highest BCUT2D eigenvalue weighted by Crippen LogP contribution is 2.68. The van der Waals surface area contributed by atoms with Gasteiger partial charge < -0.3 is 9.16 Å². The van der Waals surface area contributed by atoms with Crippen LogP contribution in [0.5, 0.6) is 0 Å². The zero-order chi connectivity index (χ0) is 34.8. The van der Waals surface area contributed by atoms with Crippen molar-refractivity contribution in [2.45, 2.75) is 143 Å². The van der Waals surface area contributed by atoms with E-state index >= 15 is 0 Å². The molecule has 5 aliphatic rings. The molecule has 1 saturated heterocycles. The quantitative estimate of drug-likeness (QED) is 0.215. The van der Waals surface area contributed by atoms with Crippen molar-refractivity contribution in [3.05, 3.63) is 60.7 Å². The lowest BCUT2D eigenvalue weighted by atomic mass is 9.44. The molecule has 0 spiro atoms. The highest BCUT2D eigenvalue weighted by molar-refractivity contribution is 6.99. The van der Waals surface area contributed by atoms with Crippen molar-refractivity contribution in [2.75, 3.05) is 0 Å². The second-order valence-corrected chi connectivity index (χ2v) is 23.6. The Labute approximate surface area is 299 Å². The molecular weight excluding hydrogens is 617 g/mol. The molecule has 1 heterocycles. The SMILES string of the molecule is CC(C)[C@H]1CC(=O)O[C@@H]([C@@H](C)[C@H]2CC[C@H]3[C@@H]4CC[C@H]5C[C@@H](O[Si](c6ccccc6)(c6ccccc6)C(C)(C)C)CC[C@]5(C)[C@H]4CC[C@]23C)C1. The third-order valence-corrected chi connectivity index (χ3v) is 21.0. The molecular formula is C45H66O3Si. The summed E-state index contributed by atoms with van der Waals surface area (Å²) in [5.41, 5.74) is 0.799. The average Bonchev–Trinajstić information content (AvgIpc) is 3.44. The molecule has 4 aliphatic carbocycles. The number of carbonyl (C=O) groups is 1. The molecule has 2 aromatic rings. The van der Waals surface area contributed by atoms with E-state index in [1.807, 2.05) is 0 Å². The van der Waals surface area contributed by atoms with Crippen molar-refractivity contribution in [3.8, 4) is 0 Å². The Balaban J connectivity index is 1.09. The van der Waals surface area contributed by atoms with Crippen LogP contribution in [-0.4, -0.2) is 26.5 Å². The van der Waals surface area contributed by atoms with Crippen molar-refractivity contribution in [3.63, 3.8) is 0 Å². The Morgan fingerprint density at radius 3 is 2.00 bits per heavy atom. The smallest absolute Gasteiger partial charge is 0.306 e. The van der Waals surface area contributed by atoms with E-state index in [9.17, 15) is 4.79 Å². The lowest BCUT2D eigenvalue weighted by Crippen LogP contribution is -2.68.